The second-order valence-electron chi connectivity index (χ2n) is 4.44. The lowest BCUT2D eigenvalue weighted by atomic mass is 10.2. The minimum atomic E-state index is -0.490. The molecular weight excluding hydrogens is 267 g/mol. The summed E-state index contributed by atoms with van der Waals surface area (Å²) in [7, 11) is 0. The van der Waals surface area contributed by atoms with Crippen molar-refractivity contribution in [2.45, 2.75) is 37.4 Å². The highest BCUT2D eigenvalue weighted by Crippen LogP contribution is 2.24. The third-order valence-corrected chi connectivity index (χ3v) is 4.18. The number of hydrogen-bond acceptors (Lipinski definition) is 4. The van der Waals surface area contributed by atoms with Gasteiger partial charge in [-0.25, -0.2) is 4.39 Å². The molecule has 1 aromatic rings. The van der Waals surface area contributed by atoms with Crippen LogP contribution in [0.5, 0.6) is 0 Å². The number of benzene rings is 1. The molecule has 3 unspecified atom stereocenters. The second-order valence-corrected chi connectivity index (χ2v) is 6.17. The summed E-state index contributed by atoms with van der Waals surface area (Å²) in [6.07, 6.45) is -0.490. The van der Waals surface area contributed by atoms with Crippen molar-refractivity contribution in [1.29, 1.82) is 0 Å². The third kappa shape index (κ3) is 4.72. The van der Waals surface area contributed by atoms with Crippen molar-refractivity contribution in [1.82, 2.24) is 0 Å². The quantitative estimate of drug-likeness (QED) is 0.726. The molecule has 0 aliphatic carbocycles. The van der Waals surface area contributed by atoms with Crippen LogP contribution in [0.25, 0.3) is 0 Å². The molecule has 0 saturated carbocycles. The largest absolute Gasteiger partial charge is 0.397 e. The monoisotopic (exact) mass is 286 g/mol. The van der Waals surface area contributed by atoms with Crippen LogP contribution in [0.2, 0.25) is 0 Å². The van der Waals surface area contributed by atoms with Crippen LogP contribution < -0.4 is 11.1 Å². The maximum Gasteiger partial charge on any atom is 0.237 e. The van der Waals surface area contributed by atoms with E-state index in [2.05, 4.69) is 5.32 Å². The zero-order valence-electron chi connectivity index (χ0n) is 11.2. The van der Waals surface area contributed by atoms with Gasteiger partial charge in [0.25, 0.3) is 0 Å². The average molecular weight is 286 g/mol. The van der Waals surface area contributed by atoms with E-state index in [1.54, 1.807) is 13.8 Å². The molecule has 1 aromatic carbocycles. The highest BCUT2D eigenvalue weighted by molar-refractivity contribution is 8.01. The van der Waals surface area contributed by atoms with Crippen LogP contribution in [0.15, 0.2) is 18.2 Å². The number of amides is 1. The van der Waals surface area contributed by atoms with E-state index >= 15 is 0 Å². The first-order valence-corrected chi connectivity index (χ1v) is 6.95. The molecule has 4 nitrogen and oxygen atoms in total. The molecule has 1 amide bonds. The average Bonchev–Trinajstić information content (AvgIpc) is 2.32. The van der Waals surface area contributed by atoms with E-state index in [0.29, 0.717) is 5.69 Å². The van der Waals surface area contributed by atoms with Gasteiger partial charge >= 0.3 is 0 Å². The van der Waals surface area contributed by atoms with Gasteiger partial charge in [0.15, 0.2) is 0 Å². The summed E-state index contributed by atoms with van der Waals surface area (Å²) in [6.45, 7) is 5.28. The van der Waals surface area contributed by atoms with Crippen molar-refractivity contribution in [2.75, 3.05) is 11.1 Å². The van der Waals surface area contributed by atoms with Crippen LogP contribution in [-0.4, -0.2) is 27.6 Å². The maximum atomic E-state index is 12.9. The molecule has 0 aliphatic rings. The molecule has 19 heavy (non-hydrogen) atoms. The lowest BCUT2D eigenvalue weighted by Crippen LogP contribution is -2.27. The predicted molar refractivity (Wildman–Crippen MR) is 77.6 cm³/mol. The standard InChI is InChI=1S/C13H19FN2O2S/c1-7(17)8(2)19-9(3)13(18)16-12-5-4-10(14)6-11(12)15/h4-9,17H,15H2,1-3H3,(H,16,18). The van der Waals surface area contributed by atoms with Crippen LogP contribution in [-0.2, 0) is 4.79 Å². The lowest BCUT2D eigenvalue weighted by molar-refractivity contribution is -0.115. The number of nitrogen functional groups attached to an aromatic ring is 1. The summed E-state index contributed by atoms with van der Waals surface area (Å²) in [5.41, 5.74) is 6.20. The Bertz CT molecular complexity index is 454. The number of aliphatic hydroxyl groups excluding tert-OH is 1. The van der Waals surface area contributed by atoms with Gasteiger partial charge in [0.1, 0.15) is 5.82 Å². The summed E-state index contributed by atoms with van der Waals surface area (Å²) < 4.78 is 12.9. The fourth-order valence-electron chi connectivity index (χ4n) is 1.38. The first-order chi connectivity index (χ1) is 8.81. The number of anilines is 2. The van der Waals surface area contributed by atoms with Gasteiger partial charge in [0, 0.05) is 5.25 Å². The van der Waals surface area contributed by atoms with Crippen molar-refractivity contribution in [3.05, 3.63) is 24.0 Å². The molecule has 0 aromatic heterocycles. The molecular formula is C13H19FN2O2S. The number of halogens is 1. The second kappa shape index (κ2) is 6.77. The number of carbonyl (C=O) groups is 1. The van der Waals surface area contributed by atoms with E-state index in [9.17, 15) is 14.3 Å². The third-order valence-electron chi connectivity index (χ3n) is 2.74. The minimum absolute atomic E-state index is 0.0497. The minimum Gasteiger partial charge on any atom is -0.397 e. The molecule has 3 atom stereocenters. The Labute approximate surface area is 116 Å². The van der Waals surface area contributed by atoms with Crippen molar-refractivity contribution in [3.63, 3.8) is 0 Å². The van der Waals surface area contributed by atoms with Gasteiger partial charge in [0.2, 0.25) is 5.91 Å². The maximum absolute atomic E-state index is 12.9. The van der Waals surface area contributed by atoms with Crippen LogP contribution >= 0.6 is 11.8 Å². The van der Waals surface area contributed by atoms with E-state index in [1.807, 2.05) is 6.92 Å². The number of carbonyl (C=O) groups excluding carboxylic acids is 1. The molecule has 6 heteroatoms. The highest BCUT2D eigenvalue weighted by Gasteiger charge is 2.20. The predicted octanol–water partition coefficient (Wildman–Crippen LogP) is 2.24. The van der Waals surface area contributed by atoms with E-state index in [0.717, 1.165) is 6.07 Å². The van der Waals surface area contributed by atoms with Gasteiger partial charge in [-0.3, -0.25) is 4.79 Å². The molecule has 4 N–H and O–H groups in total. The van der Waals surface area contributed by atoms with Gasteiger partial charge in [-0.1, -0.05) is 6.92 Å². The molecule has 0 spiro atoms. The Morgan fingerprint density at radius 1 is 1.42 bits per heavy atom. The first kappa shape index (κ1) is 15.8. The van der Waals surface area contributed by atoms with Gasteiger partial charge < -0.3 is 16.2 Å². The SMILES string of the molecule is CC(SC(C)C(C)O)C(=O)Nc1ccc(F)cc1N. The van der Waals surface area contributed by atoms with Crippen molar-refractivity contribution in [3.8, 4) is 0 Å². The van der Waals surface area contributed by atoms with Gasteiger partial charge in [-0.2, -0.15) is 0 Å². The Hall–Kier alpha value is -1.27. The molecule has 0 heterocycles. The Morgan fingerprint density at radius 3 is 2.58 bits per heavy atom. The fraction of sp³-hybridized carbons (Fsp3) is 0.462. The molecule has 0 fully saturated rings. The number of aliphatic hydroxyl groups is 1. The molecule has 0 aliphatic heterocycles. The van der Waals surface area contributed by atoms with E-state index in [1.165, 1.54) is 23.9 Å². The van der Waals surface area contributed by atoms with Crippen molar-refractivity contribution < 1.29 is 14.3 Å². The molecule has 0 radical (unpaired) electrons. The van der Waals surface area contributed by atoms with Crippen molar-refractivity contribution >= 4 is 29.0 Å². The Kier molecular flexibility index (Phi) is 5.62. The zero-order chi connectivity index (χ0) is 14.6. The summed E-state index contributed by atoms with van der Waals surface area (Å²) >= 11 is 1.37. The van der Waals surface area contributed by atoms with Crippen molar-refractivity contribution in [2.24, 2.45) is 0 Å². The van der Waals surface area contributed by atoms with Gasteiger partial charge in [0.05, 0.1) is 22.7 Å². The Balaban J connectivity index is 2.63. The highest BCUT2D eigenvalue weighted by atomic mass is 32.2. The topological polar surface area (TPSA) is 75.3 Å². The van der Waals surface area contributed by atoms with E-state index in [4.69, 9.17) is 5.73 Å². The van der Waals surface area contributed by atoms with Crippen LogP contribution in [0.4, 0.5) is 15.8 Å². The molecule has 0 bridgehead atoms. The number of thioether (sulfide) groups is 1. The van der Waals surface area contributed by atoms with Gasteiger partial charge in [-0.15, -0.1) is 11.8 Å². The Morgan fingerprint density at radius 2 is 2.05 bits per heavy atom. The smallest absolute Gasteiger partial charge is 0.237 e. The van der Waals surface area contributed by atoms with Gasteiger partial charge in [-0.05, 0) is 32.0 Å². The summed E-state index contributed by atoms with van der Waals surface area (Å²) in [5.74, 6) is -0.670. The lowest BCUT2D eigenvalue weighted by Gasteiger charge is -2.19. The normalized spacial score (nSPS) is 15.6. The van der Waals surface area contributed by atoms with E-state index in [-0.39, 0.29) is 22.1 Å². The van der Waals surface area contributed by atoms with E-state index < -0.39 is 11.9 Å². The van der Waals surface area contributed by atoms with Crippen LogP contribution in [0.3, 0.4) is 0 Å². The first-order valence-electron chi connectivity index (χ1n) is 6.00. The summed E-state index contributed by atoms with van der Waals surface area (Å²) in [5, 5.41) is 11.7. The van der Waals surface area contributed by atoms with Crippen LogP contribution in [0, 0.1) is 5.82 Å². The molecule has 1 rings (SSSR count). The van der Waals surface area contributed by atoms with Crippen LogP contribution in [0.1, 0.15) is 20.8 Å². The zero-order valence-corrected chi connectivity index (χ0v) is 12.0. The molecule has 106 valence electrons. The number of nitrogens with two attached hydrogens (primary N) is 1. The number of nitrogens with one attached hydrogen (secondary N) is 1. The fourth-order valence-corrected chi connectivity index (χ4v) is 2.43. The number of rotatable bonds is 5. The number of hydrogen-bond donors (Lipinski definition) is 3. The summed E-state index contributed by atoms with van der Waals surface area (Å²) in [4.78, 5) is 11.9. The summed E-state index contributed by atoms with van der Waals surface area (Å²) in [6, 6.07) is 3.83. The molecule has 0 saturated heterocycles.